The summed E-state index contributed by atoms with van der Waals surface area (Å²) in [7, 11) is 0. The Morgan fingerprint density at radius 1 is 1.41 bits per heavy atom. The van der Waals surface area contributed by atoms with Crippen molar-refractivity contribution in [1.82, 2.24) is 4.90 Å². The fourth-order valence-corrected chi connectivity index (χ4v) is 1.50. The maximum absolute atomic E-state index is 11.6. The van der Waals surface area contributed by atoms with Gasteiger partial charge in [0.15, 0.2) is 0 Å². The van der Waals surface area contributed by atoms with Crippen LogP contribution in [0, 0.1) is 0 Å². The molecule has 0 aromatic carbocycles. The highest BCUT2D eigenvalue weighted by Crippen LogP contribution is 2.24. The number of carbonyl (C=O) groups excluding carboxylic acids is 1. The number of rotatable bonds is 1. The standard InChI is InChI=1S/C10H17NO6/c1-9(2,3)17-8(15)11-4-6(12)10(16,5-11)7(13)14/h6,12,16H,4-5H2,1-3H3,(H,13,14)/t6-,10+/m0/s1. The minimum absolute atomic E-state index is 0.266. The minimum atomic E-state index is -2.32. The smallest absolute Gasteiger partial charge is 0.410 e. The Hall–Kier alpha value is -1.34. The molecule has 0 saturated carbocycles. The molecule has 98 valence electrons. The zero-order valence-corrected chi connectivity index (χ0v) is 10.0. The molecule has 1 rings (SSSR count). The number of hydrogen-bond acceptors (Lipinski definition) is 5. The molecule has 0 aliphatic carbocycles. The molecule has 1 aliphatic heterocycles. The van der Waals surface area contributed by atoms with Crippen LogP contribution < -0.4 is 0 Å². The van der Waals surface area contributed by atoms with Crippen LogP contribution in [0.25, 0.3) is 0 Å². The van der Waals surface area contributed by atoms with Gasteiger partial charge in [0.25, 0.3) is 0 Å². The molecule has 7 heteroatoms. The van der Waals surface area contributed by atoms with Gasteiger partial charge in [-0.1, -0.05) is 0 Å². The maximum Gasteiger partial charge on any atom is 0.410 e. The lowest BCUT2D eigenvalue weighted by Crippen LogP contribution is -2.49. The monoisotopic (exact) mass is 247 g/mol. The van der Waals surface area contributed by atoms with Crippen molar-refractivity contribution < 1.29 is 29.6 Å². The molecule has 0 aromatic heterocycles. The second kappa shape index (κ2) is 4.15. The second-order valence-corrected chi connectivity index (χ2v) is 5.11. The molecule has 1 fully saturated rings. The highest BCUT2D eigenvalue weighted by atomic mass is 16.6. The Labute approximate surface area is 98.6 Å². The zero-order valence-electron chi connectivity index (χ0n) is 10.0. The molecule has 1 saturated heterocycles. The molecular weight excluding hydrogens is 230 g/mol. The molecule has 17 heavy (non-hydrogen) atoms. The Balaban J connectivity index is 2.73. The predicted octanol–water partition coefficient (Wildman–Crippen LogP) is -0.586. The summed E-state index contributed by atoms with van der Waals surface area (Å²) < 4.78 is 5.01. The number of hydrogen-bond donors (Lipinski definition) is 3. The van der Waals surface area contributed by atoms with Crippen molar-refractivity contribution in [3.63, 3.8) is 0 Å². The fourth-order valence-electron chi connectivity index (χ4n) is 1.50. The number of carboxylic acid groups (broad SMARTS) is 1. The Bertz CT molecular complexity index is 336. The van der Waals surface area contributed by atoms with Gasteiger partial charge in [0.05, 0.1) is 13.1 Å². The van der Waals surface area contributed by atoms with Gasteiger partial charge in [0.1, 0.15) is 11.7 Å². The van der Waals surface area contributed by atoms with Gasteiger partial charge in [-0.15, -0.1) is 0 Å². The quantitative estimate of drug-likeness (QED) is 0.572. The van der Waals surface area contributed by atoms with Crippen molar-refractivity contribution in [2.24, 2.45) is 0 Å². The third kappa shape index (κ3) is 2.86. The highest BCUT2D eigenvalue weighted by molar-refractivity contribution is 5.81. The molecule has 0 aromatic rings. The first-order valence-corrected chi connectivity index (χ1v) is 5.18. The fraction of sp³-hybridized carbons (Fsp3) is 0.800. The van der Waals surface area contributed by atoms with Crippen molar-refractivity contribution in [2.75, 3.05) is 13.1 Å². The summed E-state index contributed by atoms with van der Waals surface area (Å²) in [5, 5.41) is 27.9. The lowest BCUT2D eigenvalue weighted by atomic mass is 10.0. The average molecular weight is 247 g/mol. The Kier molecular flexibility index (Phi) is 3.35. The summed E-state index contributed by atoms with van der Waals surface area (Å²) in [5.74, 6) is -1.56. The number of aliphatic hydroxyl groups excluding tert-OH is 1. The van der Waals surface area contributed by atoms with E-state index in [9.17, 15) is 19.8 Å². The molecule has 0 radical (unpaired) electrons. The molecule has 0 spiro atoms. The molecule has 1 heterocycles. The van der Waals surface area contributed by atoms with Gasteiger partial charge in [-0.2, -0.15) is 0 Å². The van der Waals surface area contributed by atoms with E-state index in [2.05, 4.69) is 0 Å². The molecule has 1 amide bonds. The van der Waals surface area contributed by atoms with Gasteiger partial charge < -0.3 is 25.0 Å². The van der Waals surface area contributed by atoms with Crippen LogP contribution in [0.2, 0.25) is 0 Å². The molecule has 0 bridgehead atoms. The van der Waals surface area contributed by atoms with Crippen LogP contribution in [0.3, 0.4) is 0 Å². The third-order valence-electron chi connectivity index (χ3n) is 2.40. The first-order chi connectivity index (χ1) is 7.56. The third-order valence-corrected chi connectivity index (χ3v) is 2.40. The summed E-state index contributed by atoms with van der Waals surface area (Å²) >= 11 is 0. The van der Waals surface area contributed by atoms with Crippen molar-refractivity contribution in [3.05, 3.63) is 0 Å². The van der Waals surface area contributed by atoms with Crippen molar-refractivity contribution in [3.8, 4) is 0 Å². The van der Waals surface area contributed by atoms with Gasteiger partial charge in [-0.3, -0.25) is 0 Å². The van der Waals surface area contributed by atoms with E-state index in [4.69, 9.17) is 9.84 Å². The minimum Gasteiger partial charge on any atom is -0.479 e. The highest BCUT2D eigenvalue weighted by Gasteiger charge is 2.52. The number of carboxylic acids is 1. The van der Waals surface area contributed by atoms with Crippen LogP contribution in [0.1, 0.15) is 20.8 Å². The Morgan fingerprint density at radius 3 is 2.29 bits per heavy atom. The lowest BCUT2D eigenvalue weighted by molar-refractivity contribution is -0.165. The van der Waals surface area contributed by atoms with Crippen molar-refractivity contribution >= 4 is 12.1 Å². The first kappa shape index (κ1) is 13.7. The SMILES string of the molecule is CC(C)(C)OC(=O)N1C[C@H](O)[C@@](O)(C(=O)O)C1. The van der Waals surface area contributed by atoms with Gasteiger partial charge >= 0.3 is 12.1 Å². The molecule has 3 N–H and O–H groups in total. The van der Waals surface area contributed by atoms with Crippen LogP contribution in [-0.4, -0.2) is 62.7 Å². The van der Waals surface area contributed by atoms with Crippen LogP contribution in [-0.2, 0) is 9.53 Å². The van der Waals surface area contributed by atoms with E-state index in [0.717, 1.165) is 4.90 Å². The topological polar surface area (TPSA) is 107 Å². The van der Waals surface area contributed by atoms with E-state index in [-0.39, 0.29) is 6.54 Å². The van der Waals surface area contributed by atoms with Gasteiger partial charge in [0, 0.05) is 0 Å². The first-order valence-electron chi connectivity index (χ1n) is 5.18. The normalized spacial score (nSPS) is 29.2. The zero-order chi connectivity index (χ0) is 13.4. The number of β-amino-alcohol motifs (C(OH)–C–C–N with tert-alkyl or cyclic N) is 2. The number of aliphatic carboxylic acids is 1. The second-order valence-electron chi connectivity index (χ2n) is 5.11. The number of carbonyl (C=O) groups is 2. The number of ether oxygens (including phenoxy) is 1. The van der Waals surface area contributed by atoms with Crippen molar-refractivity contribution in [2.45, 2.75) is 38.1 Å². The van der Waals surface area contributed by atoms with E-state index in [0.29, 0.717) is 0 Å². The molecule has 7 nitrogen and oxygen atoms in total. The van der Waals surface area contributed by atoms with Gasteiger partial charge in [-0.25, -0.2) is 9.59 Å². The molecule has 1 aliphatic rings. The van der Waals surface area contributed by atoms with E-state index in [1.165, 1.54) is 0 Å². The summed E-state index contributed by atoms with van der Waals surface area (Å²) in [6.45, 7) is 4.25. The summed E-state index contributed by atoms with van der Waals surface area (Å²) in [5.41, 5.74) is -3.04. The summed E-state index contributed by atoms with van der Waals surface area (Å²) in [4.78, 5) is 23.4. The number of aliphatic hydroxyl groups is 2. The van der Waals surface area contributed by atoms with Crippen LogP contribution >= 0.6 is 0 Å². The van der Waals surface area contributed by atoms with Crippen LogP contribution in [0.4, 0.5) is 4.79 Å². The maximum atomic E-state index is 11.6. The van der Waals surface area contributed by atoms with E-state index in [1.807, 2.05) is 0 Å². The predicted molar refractivity (Wildman–Crippen MR) is 56.4 cm³/mol. The number of nitrogens with zero attached hydrogens (tertiary/aromatic N) is 1. The molecule has 2 atom stereocenters. The van der Waals surface area contributed by atoms with E-state index < -0.39 is 35.9 Å². The Morgan fingerprint density at radius 2 is 1.94 bits per heavy atom. The van der Waals surface area contributed by atoms with E-state index >= 15 is 0 Å². The van der Waals surface area contributed by atoms with Crippen LogP contribution in [0.15, 0.2) is 0 Å². The molecule has 0 unspecified atom stereocenters. The summed E-state index contributed by atoms with van der Waals surface area (Å²) in [6, 6.07) is 0. The lowest BCUT2D eigenvalue weighted by Gasteiger charge is -2.24. The van der Waals surface area contributed by atoms with Gasteiger partial charge in [-0.05, 0) is 20.8 Å². The number of likely N-dealkylation sites (tertiary alicyclic amines) is 1. The number of amides is 1. The van der Waals surface area contributed by atoms with Gasteiger partial charge in [0.2, 0.25) is 5.60 Å². The van der Waals surface area contributed by atoms with E-state index in [1.54, 1.807) is 20.8 Å². The van der Waals surface area contributed by atoms with Crippen LogP contribution in [0.5, 0.6) is 0 Å². The molecular formula is C10H17NO6. The summed E-state index contributed by atoms with van der Waals surface area (Å²) in [6.07, 6.45) is -2.28. The largest absolute Gasteiger partial charge is 0.479 e. The average Bonchev–Trinajstić information content (AvgIpc) is 2.42. The van der Waals surface area contributed by atoms with Crippen molar-refractivity contribution in [1.29, 1.82) is 0 Å².